The summed E-state index contributed by atoms with van der Waals surface area (Å²) in [5, 5.41) is 6.42. The van der Waals surface area contributed by atoms with Crippen LogP contribution in [0.5, 0.6) is 0 Å². The minimum atomic E-state index is -0.170. The Bertz CT molecular complexity index is 1110. The lowest BCUT2D eigenvalue weighted by molar-refractivity contribution is -0.116. The Labute approximate surface area is 188 Å². The minimum Gasteiger partial charge on any atom is -0.357 e. The molecule has 1 fully saturated rings. The lowest BCUT2D eigenvalue weighted by atomic mass is 10.1. The number of thioether (sulfide) groups is 1. The highest BCUT2D eigenvalue weighted by atomic mass is 32.2. The topological polar surface area (TPSA) is 46.1 Å². The molecule has 1 aliphatic heterocycles. The maximum atomic E-state index is 12.6. The highest BCUT2D eigenvalue weighted by molar-refractivity contribution is 8.05. The summed E-state index contributed by atoms with van der Waals surface area (Å²) in [6, 6.07) is 19.2. The van der Waals surface area contributed by atoms with Crippen LogP contribution < -0.4 is 10.6 Å². The number of aryl methyl sites for hydroxylation is 3. The summed E-state index contributed by atoms with van der Waals surface area (Å²) in [5.41, 5.74) is 7.97. The monoisotopic (exact) mass is 431 g/mol. The largest absolute Gasteiger partial charge is 0.357 e. The molecule has 2 N–H and O–H groups in total. The molecule has 1 saturated heterocycles. The first-order valence-corrected chi connectivity index (χ1v) is 11.7. The Hall–Kier alpha value is -2.92. The van der Waals surface area contributed by atoms with Crippen LogP contribution in [0.1, 0.15) is 41.9 Å². The Kier molecular flexibility index (Phi) is 6.23. The second-order valence-corrected chi connectivity index (χ2v) is 9.00. The number of anilines is 1. The highest BCUT2D eigenvalue weighted by Gasteiger charge is 2.27. The molecular weight excluding hydrogens is 402 g/mol. The summed E-state index contributed by atoms with van der Waals surface area (Å²) in [7, 11) is 0. The molecular formula is C26H29N3OS. The summed E-state index contributed by atoms with van der Waals surface area (Å²) in [6.45, 7) is 8.52. The fraction of sp³-hybridized carbons (Fsp3) is 0.269. The summed E-state index contributed by atoms with van der Waals surface area (Å²) >= 11 is 1.52. The van der Waals surface area contributed by atoms with Crippen LogP contribution in [0, 0.1) is 13.8 Å². The predicted octanol–water partition coefficient (Wildman–Crippen LogP) is 5.82. The first-order chi connectivity index (χ1) is 15.0. The van der Waals surface area contributed by atoms with Crippen molar-refractivity contribution in [1.82, 2.24) is 9.88 Å². The molecule has 1 aliphatic rings. The van der Waals surface area contributed by atoms with Crippen molar-refractivity contribution in [2.45, 2.75) is 46.0 Å². The van der Waals surface area contributed by atoms with Crippen molar-refractivity contribution in [3.63, 3.8) is 0 Å². The van der Waals surface area contributed by atoms with Crippen LogP contribution in [0.3, 0.4) is 0 Å². The Morgan fingerprint density at radius 1 is 1.00 bits per heavy atom. The second kappa shape index (κ2) is 9.06. The van der Waals surface area contributed by atoms with Gasteiger partial charge in [0.25, 0.3) is 5.91 Å². The van der Waals surface area contributed by atoms with Gasteiger partial charge in [0.1, 0.15) is 0 Å². The second-order valence-electron chi connectivity index (χ2n) is 7.86. The Balaban J connectivity index is 1.53. The van der Waals surface area contributed by atoms with Crippen LogP contribution in [-0.2, 0) is 17.6 Å². The van der Waals surface area contributed by atoms with E-state index in [0.29, 0.717) is 0 Å². The quantitative estimate of drug-likeness (QED) is 0.484. The van der Waals surface area contributed by atoms with E-state index in [2.05, 4.69) is 97.5 Å². The minimum absolute atomic E-state index is 0.0372. The highest BCUT2D eigenvalue weighted by Crippen LogP contribution is 2.32. The molecule has 1 aromatic heterocycles. The van der Waals surface area contributed by atoms with Gasteiger partial charge < -0.3 is 15.2 Å². The molecule has 0 unspecified atom stereocenters. The summed E-state index contributed by atoms with van der Waals surface area (Å²) < 4.78 is 2.24. The van der Waals surface area contributed by atoms with Gasteiger partial charge in [0, 0.05) is 22.8 Å². The molecule has 0 saturated carbocycles. The third kappa shape index (κ3) is 4.57. The normalized spacial score (nSPS) is 17.2. The van der Waals surface area contributed by atoms with Gasteiger partial charge in [-0.05, 0) is 79.8 Å². The lowest BCUT2D eigenvalue weighted by Gasteiger charge is -2.12. The van der Waals surface area contributed by atoms with Crippen LogP contribution in [0.2, 0.25) is 0 Å². The summed E-state index contributed by atoms with van der Waals surface area (Å²) in [5.74, 6) is -0.0372. The number of nitrogens with one attached hydrogen (secondary N) is 2. The molecule has 4 rings (SSSR count). The van der Waals surface area contributed by atoms with Crippen molar-refractivity contribution < 1.29 is 4.79 Å². The lowest BCUT2D eigenvalue weighted by Crippen LogP contribution is -2.30. The van der Waals surface area contributed by atoms with Gasteiger partial charge in [-0.2, -0.15) is 0 Å². The molecule has 0 bridgehead atoms. The van der Waals surface area contributed by atoms with Gasteiger partial charge in [-0.15, -0.1) is 0 Å². The van der Waals surface area contributed by atoms with Crippen LogP contribution in [0.4, 0.5) is 5.69 Å². The smallest absolute Gasteiger partial charge is 0.260 e. The van der Waals surface area contributed by atoms with Gasteiger partial charge >= 0.3 is 0 Å². The fourth-order valence-corrected chi connectivity index (χ4v) is 4.88. The zero-order valence-electron chi connectivity index (χ0n) is 18.5. The van der Waals surface area contributed by atoms with Gasteiger partial charge in [0.2, 0.25) is 0 Å². The third-order valence-corrected chi connectivity index (χ3v) is 6.78. The first kappa shape index (κ1) is 21.3. The van der Waals surface area contributed by atoms with Crippen LogP contribution in [-0.4, -0.2) is 16.0 Å². The van der Waals surface area contributed by atoms with E-state index in [9.17, 15) is 4.79 Å². The van der Waals surface area contributed by atoms with Gasteiger partial charge in [-0.1, -0.05) is 49.9 Å². The maximum Gasteiger partial charge on any atom is 0.260 e. The van der Waals surface area contributed by atoms with E-state index in [0.717, 1.165) is 46.1 Å². The van der Waals surface area contributed by atoms with Crippen LogP contribution in [0.15, 0.2) is 59.5 Å². The molecule has 160 valence electrons. The van der Waals surface area contributed by atoms with E-state index in [4.69, 9.17) is 0 Å². The fourth-order valence-electron chi connectivity index (χ4n) is 3.91. The van der Waals surface area contributed by atoms with Crippen molar-refractivity contribution in [1.29, 1.82) is 0 Å². The summed E-state index contributed by atoms with van der Waals surface area (Å²) in [4.78, 5) is 13.3. The molecule has 5 heteroatoms. The number of hydrogen-bond acceptors (Lipinski definition) is 3. The van der Waals surface area contributed by atoms with Gasteiger partial charge in [0.15, 0.2) is 5.50 Å². The molecule has 31 heavy (non-hydrogen) atoms. The van der Waals surface area contributed by atoms with Crippen LogP contribution >= 0.6 is 11.8 Å². The van der Waals surface area contributed by atoms with E-state index >= 15 is 0 Å². The van der Waals surface area contributed by atoms with Gasteiger partial charge in [-0.3, -0.25) is 4.79 Å². The number of benzene rings is 2. The van der Waals surface area contributed by atoms with Crippen LogP contribution in [0.25, 0.3) is 11.8 Å². The molecule has 1 amide bonds. The number of carbonyl (C=O) groups excluding carboxylic acids is 1. The zero-order chi connectivity index (χ0) is 22.0. The molecule has 4 nitrogen and oxygen atoms in total. The van der Waals surface area contributed by atoms with E-state index < -0.39 is 0 Å². The zero-order valence-corrected chi connectivity index (χ0v) is 19.3. The van der Waals surface area contributed by atoms with E-state index in [1.807, 2.05) is 6.08 Å². The molecule has 3 aromatic rings. The van der Waals surface area contributed by atoms with Crippen molar-refractivity contribution in [2.24, 2.45) is 0 Å². The molecule has 0 radical (unpaired) electrons. The van der Waals surface area contributed by atoms with Crippen molar-refractivity contribution in [3.05, 3.63) is 87.6 Å². The number of hydrogen-bond donors (Lipinski definition) is 2. The molecule has 0 aliphatic carbocycles. The van der Waals surface area contributed by atoms with Gasteiger partial charge in [0.05, 0.1) is 4.91 Å². The Morgan fingerprint density at radius 2 is 1.61 bits per heavy atom. The van der Waals surface area contributed by atoms with Crippen molar-refractivity contribution in [3.8, 4) is 5.69 Å². The number of carbonyl (C=O) groups is 1. The molecule has 2 heterocycles. The van der Waals surface area contributed by atoms with E-state index in [1.165, 1.54) is 22.9 Å². The van der Waals surface area contributed by atoms with Gasteiger partial charge in [-0.25, -0.2) is 0 Å². The van der Waals surface area contributed by atoms with Crippen molar-refractivity contribution >= 4 is 29.4 Å². The van der Waals surface area contributed by atoms with E-state index in [1.54, 1.807) is 0 Å². The first-order valence-electron chi connectivity index (χ1n) is 10.8. The average molecular weight is 432 g/mol. The molecule has 2 aromatic carbocycles. The van der Waals surface area contributed by atoms with Crippen molar-refractivity contribution in [2.75, 3.05) is 5.32 Å². The summed E-state index contributed by atoms with van der Waals surface area (Å²) in [6.07, 6.45) is 4.05. The average Bonchev–Trinajstić information content (AvgIpc) is 3.26. The number of aromatic nitrogens is 1. The standard InChI is InChI=1S/C26H29N3OS/c1-5-19-7-11-22(12-8-19)27-26-28-25(30)24(31-26)16-21-15-17(3)29(18(21)4)23-13-9-20(6-2)10-14-23/h7-16,26-27H,5-6H2,1-4H3,(H,28,30)/b24-16-/t26-/m0/s1. The number of rotatable bonds is 6. The predicted molar refractivity (Wildman–Crippen MR) is 132 cm³/mol. The maximum absolute atomic E-state index is 12.6. The SMILES string of the molecule is CCc1ccc(N[C@H]2NC(=O)/C(=C/c3cc(C)n(-c4ccc(CC)cc4)c3C)S2)cc1. The third-order valence-electron chi connectivity index (χ3n) is 5.75. The number of nitrogens with zero attached hydrogens (tertiary/aromatic N) is 1. The molecule has 1 atom stereocenters. The number of amides is 1. The van der Waals surface area contributed by atoms with E-state index in [-0.39, 0.29) is 11.4 Å². The molecule has 0 spiro atoms. The Morgan fingerprint density at radius 3 is 2.23 bits per heavy atom.